The lowest BCUT2D eigenvalue weighted by Crippen LogP contribution is -2.15. The van der Waals surface area contributed by atoms with Gasteiger partial charge in [0.25, 0.3) is 5.91 Å². The molecule has 0 radical (unpaired) electrons. The van der Waals surface area contributed by atoms with Gasteiger partial charge in [0.05, 0.1) is 29.2 Å². The molecule has 0 fully saturated rings. The van der Waals surface area contributed by atoms with Crippen molar-refractivity contribution < 1.29 is 14.7 Å². The van der Waals surface area contributed by atoms with Crippen LogP contribution >= 0.6 is 23.3 Å². The standard InChI is InChI=1S/C10H6ClN3O3S/c11-5-1-2-6(10(16)17)7(3-5)13-9(15)8-4-12-18-14-8/h1-4H,(H,13,15)(H,16,17). The quantitative estimate of drug-likeness (QED) is 0.900. The predicted octanol–water partition coefficient (Wildman–Crippen LogP) is 2.14. The van der Waals surface area contributed by atoms with Crippen LogP contribution in [0.2, 0.25) is 5.02 Å². The number of rotatable bonds is 3. The molecule has 0 saturated heterocycles. The number of carboxylic acids is 1. The number of amides is 1. The molecule has 1 aromatic carbocycles. The zero-order valence-electron chi connectivity index (χ0n) is 8.75. The Kier molecular flexibility index (Phi) is 3.54. The van der Waals surface area contributed by atoms with E-state index in [1.807, 2.05) is 0 Å². The second kappa shape index (κ2) is 5.11. The lowest BCUT2D eigenvalue weighted by Gasteiger charge is -2.07. The first-order chi connectivity index (χ1) is 8.58. The number of hydrogen-bond donors (Lipinski definition) is 2. The first-order valence-electron chi connectivity index (χ1n) is 4.69. The van der Waals surface area contributed by atoms with Crippen LogP contribution in [0, 0.1) is 0 Å². The van der Waals surface area contributed by atoms with Crippen LogP contribution in [0.25, 0.3) is 0 Å². The van der Waals surface area contributed by atoms with Crippen LogP contribution in [0.5, 0.6) is 0 Å². The Bertz CT molecular complexity index is 600. The van der Waals surface area contributed by atoms with Gasteiger partial charge >= 0.3 is 5.97 Å². The fraction of sp³-hybridized carbons (Fsp3) is 0. The van der Waals surface area contributed by atoms with E-state index in [0.29, 0.717) is 5.02 Å². The van der Waals surface area contributed by atoms with Crippen molar-refractivity contribution in [2.24, 2.45) is 0 Å². The lowest BCUT2D eigenvalue weighted by molar-refractivity contribution is 0.0698. The number of aromatic nitrogens is 2. The van der Waals surface area contributed by atoms with Crippen LogP contribution in [0.3, 0.4) is 0 Å². The number of nitrogens with one attached hydrogen (secondary N) is 1. The van der Waals surface area contributed by atoms with Crippen molar-refractivity contribution in [1.82, 2.24) is 8.75 Å². The van der Waals surface area contributed by atoms with Gasteiger partial charge < -0.3 is 10.4 Å². The molecule has 0 aliphatic rings. The molecule has 1 heterocycles. The molecule has 0 spiro atoms. The van der Waals surface area contributed by atoms with E-state index in [9.17, 15) is 9.59 Å². The molecule has 0 bridgehead atoms. The summed E-state index contributed by atoms with van der Waals surface area (Å²) in [6, 6.07) is 4.12. The molecule has 1 amide bonds. The predicted molar refractivity (Wildman–Crippen MR) is 66.3 cm³/mol. The van der Waals surface area contributed by atoms with E-state index >= 15 is 0 Å². The van der Waals surface area contributed by atoms with Gasteiger partial charge in [0.1, 0.15) is 0 Å². The molecule has 2 N–H and O–H groups in total. The van der Waals surface area contributed by atoms with E-state index < -0.39 is 11.9 Å². The highest BCUT2D eigenvalue weighted by Crippen LogP contribution is 2.21. The number of hydrogen-bond acceptors (Lipinski definition) is 5. The highest BCUT2D eigenvalue weighted by atomic mass is 35.5. The fourth-order valence-corrected chi connectivity index (χ4v) is 1.84. The number of carboxylic acid groups (broad SMARTS) is 1. The molecule has 0 atom stereocenters. The highest BCUT2D eigenvalue weighted by Gasteiger charge is 2.15. The van der Waals surface area contributed by atoms with Crippen molar-refractivity contribution in [2.75, 3.05) is 5.32 Å². The van der Waals surface area contributed by atoms with Crippen molar-refractivity contribution in [3.8, 4) is 0 Å². The molecule has 2 aromatic rings. The Morgan fingerprint density at radius 1 is 1.39 bits per heavy atom. The Balaban J connectivity index is 2.31. The highest BCUT2D eigenvalue weighted by molar-refractivity contribution is 6.99. The Morgan fingerprint density at radius 3 is 2.78 bits per heavy atom. The zero-order valence-corrected chi connectivity index (χ0v) is 10.3. The molecule has 0 saturated carbocycles. The number of nitrogens with zero attached hydrogens (tertiary/aromatic N) is 2. The molecule has 2 rings (SSSR count). The third-order valence-corrected chi connectivity index (χ3v) is 2.77. The van der Waals surface area contributed by atoms with Crippen LogP contribution in [0.4, 0.5) is 5.69 Å². The molecule has 6 nitrogen and oxygen atoms in total. The van der Waals surface area contributed by atoms with E-state index in [2.05, 4.69) is 14.1 Å². The molecular formula is C10H6ClN3O3S. The van der Waals surface area contributed by atoms with Crippen molar-refractivity contribution in [2.45, 2.75) is 0 Å². The number of aromatic carboxylic acids is 1. The third-order valence-electron chi connectivity index (χ3n) is 2.05. The lowest BCUT2D eigenvalue weighted by atomic mass is 10.1. The van der Waals surface area contributed by atoms with Crippen LogP contribution in [-0.4, -0.2) is 25.7 Å². The van der Waals surface area contributed by atoms with Crippen LogP contribution < -0.4 is 5.32 Å². The van der Waals surface area contributed by atoms with Crippen molar-refractivity contribution in [1.29, 1.82) is 0 Å². The topological polar surface area (TPSA) is 92.2 Å². The summed E-state index contributed by atoms with van der Waals surface area (Å²) in [7, 11) is 0. The number of benzene rings is 1. The van der Waals surface area contributed by atoms with Gasteiger partial charge in [-0.3, -0.25) is 4.79 Å². The fourth-order valence-electron chi connectivity index (χ4n) is 1.26. The summed E-state index contributed by atoms with van der Waals surface area (Å²) in [4.78, 5) is 22.7. The maximum atomic E-state index is 11.7. The van der Waals surface area contributed by atoms with Crippen molar-refractivity contribution in [3.05, 3.63) is 40.7 Å². The maximum Gasteiger partial charge on any atom is 0.337 e. The molecule has 18 heavy (non-hydrogen) atoms. The average molecular weight is 284 g/mol. The monoisotopic (exact) mass is 283 g/mol. The smallest absolute Gasteiger partial charge is 0.337 e. The van der Waals surface area contributed by atoms with Gasteiger partial charge in [0, 0.05) is 5.02 Å². The van der Waals surface area contributed by atoms with E-state index in [4.69, 9.17) is 16.7 Å². The SMILES string of the molecule is O=C(Nc1cc(Cl)ccc1C(=O)O)c1cnsn1. The first kappa shape index (κ1) is 12.5. The Hall–Kier alpha value is -1.99. The number of halogens is 1. The van der Waals surface area contributed by atoms with Crippen LogP contribution in [-0.2, 0) is 0 Å². The molecule has 0 unspecified atom stereocenters. The summed E-state index contributed by atoms with van der Waals surface area (Å²) in [5.41, 5.74) is 0.195. The van der Waals surface area contributed by atoms with E-state index in [1.165, 1.54) is 24.4 Å². The van der Waals surface area contributed by atoms with E-state index in [1.54, 1.807) is 0 Å². The van der Waals surface area contributed by atoms with Crippen LogP contribution in [0.1, 0.15) is 20.8 Å². The molecule has 0 aliphatic heterocycles. The molecule has 1 aromatic heterocycles. The largest absolute Gasteiger partial charge is 0.478 e. The second-order valence-electron chi connectivity index (χ2n) is 3.24. The van der Waals surface area contributed by atoms with Gasteiger partial charge in [0.2, 0.25) is 0 Å². The molecule has 0 aliphatic carbocycles. The van der Waals surface area contributed by atoms with Crippen LogP contribution in [0.15, 0.2) is 24.4 Å². The Morgan fingerprint density at radius 2 is 2.17 bits per heavy atom. The minimum atomic E-state index is -1.15. The Labute approximate surface area is 111 Å². The number of carbonyl (C=O) groups is 2. The first-order valence-corrected chi connectivity index (χ1v) is 5.80. The number of carbonyl (C=O) groups excluding carboxylic acids is 1. The minimum absolute atomic E-state index is 0.0454. The summed E-state index contributed by atoms with van der Waals surface area (Å²) in [5.74, 6) is -1.69. The second-order valence-corrected chi connectivity index (χ2v) is 4.23. The van der Waals surface area contributed by atoms with Gasteiger partial charge in [-0.2, -0.15) is 8.75 Å². The van der Waals surface area contributed by atoms with Gasteiger partial charge in [-0.1, -0.05) is 11.6 Å². The van der Waals surface area contributed by atoms with Crippen molar-refractivity contribution in [3.63, 3.8) is 0 Å². The van der Waals surface area contributed by atoms with E-state index in [-0.39, 0.29) is 16.9 Å². The summed E-state index contributed by atoms with van der Waals surface area (Å²) < 4.78 is 7.43. The van der Waals surface area contributed by atoms with Gasteiger partial charge in [0.15, 0.2) is 5.69 Å². The summed E-state index contributed by atoms with van der Waals surface area (Å²) in [5, 5.41) is 11.7. The molecule has 92 valence electrons. The van der Waals surface area contributed by atoms with Gasteiger partial charge in [-0.05, 0) is 18.2 Å². The zero-order chi connectivity index (χ0) is 13.1. The van der Waals surface area contributed by atoms with Crippen molar-refractivity contribution >= 4 is 40.9 Å². The third kappa shape index (κ3) is 2.63. The van der Waals surface area contributed by atoms with Gasteiger partial charge in [-0.25, -0.2) is 4.79 Å². The summed E-state index contributed by atoms with van der Waals surface area (Å²) in [6.45, 7) is 0. The summed E-state index contributed by atoms with van der Waals surface area (Å²) >= 11 is 6.65. The molecule has 8 heteroatoms. The van der Waals surface area contributed by atoms with E-state index in [0.717, 1.165) is 11.7 Å². The van der Waals surface area contributed by atoms with Gasteiger partial charge in [-0.15, -0.1) is 0 Å². The molecular weight excluding hydrogens is 278 g/mol. The minimum Gasteiger partial charge on any atom is -0.478 e. The summed E-state index contributed by atoms with van der Waals surface area (Å²) in [6.07, 6.45) is 1.30. The average Bonchev–Trinajstić information content (AvgIpc) is 2.81. The number of anilines is 1. The maximum absolute atomic E-state index is 11.7. The normalized spacial score (nSPS) is 10.1.